The Bertz CT molecular complexity index is 691. The molecule has 0 aliphatic rings. The van der Waals surface area contributed by atoms with Crippen LogP contribution in [0, 0.1) is 13.8 Å². The van der Waals surface area contributed by atoms with E-state index in [1.54, 1.807) is 0 Å². The van der Waals surface area contributed by atoms with E-state index < -0.39 is 0 Å². The minimum atomic E-state index is -0.177. The first-order valence-electron chi connectivity index (χ1n) is 7.43. The molecule has 2 rings (SSSR count). The molecule has 0 saturated heterocycles. The van der Waals surface area contributed by atoms with Crippen molar-refractivity contribution in [2.24, 2.45) is 0 Å². The van der Waals surface area contributed by atoms with Crippen molar-refractivity contribution in [3.05, 3.63) is 50.8 Å². The van der Waals surface area contributed by atoms with Gasteiger partial charge >= 0.3 is 0 Å². The molecule has 0 aliphatic heterocycles. The van der Waals surface area contributed by atoms with Gasteiger partial charge in [-0.2, -0.15) is 5.10 Å². The van der Waals surface area contributed by atoms with Crippen LogP contribution in [0.1, 0.15) is 65.6 Å². The SMILES string of the molecule is Cc1ccc(C)c(C(C)NC(=O)c2n[nH]c(C(C)C)c2Br)c1. The molecule has 2 aromatic rings. The highest BCUT2D eigenvalue weighted by Crippen LogP contribution is 2.26. The van der Waals surface area contributed by atoms with E-state index in [1.165, 1.54) is 11.1 Å². The number of carbonyl (C=O) groups is 1. The lowest BCUT2D eigenvalue weighted by Gasteiger charge is -2.17. The van der Waals surface area contributed by atoms with Crippen molar-refractivity contribution in [3.8, 4) is 0 Å². The second kappa shape index (κ2) is 6.65. The number of hydrogen-bond donors (Lipinski definition) is 2. The summed E-state index contributed by atoms with van der Waals surface area (Å²) in [6, 6.07) is 6.19. The Hall–Kier alpha value is -1.62. The van der Waals surface area contributed by atoms with Gasteiger partial charge in [-0.25, -0.2) is 0 Å². The lowest BCUT2D eigenvalue weighted by atomic mass is 10.00. The third-order valence-corrected chi connectivity index (χ3v) is 4.58. The topological polar surface area (TPSA) is 57.8 Å². The van der Waals surface area contributed by atoms with Gasteiger partial charge in [0, 0.05) is 0 Å². The van der Waals surface area contributed by atoms with Crippen LogP contribution in [0.2, 0.25) is 0 Å². The largest absolute Gasteiger partial charge is 0.344 e. The molecular formula is C17H22BrN3O. The van der Waals surface area contributed by atoms with E-state index in [-0.39, 0.29) is 17.9 Å². The summed E-state index contributed by atoms with van der Waals surface area (Å²) in [5.41, 5.74) is 4.82. The maximum atomic E-state index is 12.5. The van der Waals surface area contributed by atoms with Crippen molar-refractivity contribution in [1.29, 1.82) is 0 Å². The van der Waals surface area contributed by atoms with Crippen LogP contribution in [0.15, 0.2) is 22.7 Å². The molecule has 5 heteroatoms. The molecule has 1 atom stereocenters. The second-order valence-electron chi connectivity index (χ2n) is 6.01. The molecule has 1 aromatic heterocycles. The van der Waals surface area contributed by atoms with Crippen LogP contribution in [0.3, 0.4) is 0 Å². The van der Waals surface area contributed by atoms with Gasteiger partial charge in [0.05, 0.1) is 16.2 Å². The molecule has 22 heavy (non-hydrogen) atoms. The standard InChI is InChI=1S/C17H22BrN3O/c1-9(2)15-14(18)16(21-20-15)17(22)19-12(5)13-8-10(3)6-7-11(13)4/h6-9,12H,1-5H3,(H,19,22)(H,20,21). The maximum absolute atomic E-state index is 12.5. The molecule has 1 aromatic carbocycles. The fourth-order valence-corrected chi connectivity index (χ4v) is 3.26. The Kier molecular flexibility index (Phi) is 5.06. The fourth-order valence-electron chi connectivity index (χ4n) is 2.44. The average Bonchev–Trinajstić information content (AvgIpc) is 2.83. The number of benzene rings is 1. The summed E-state index contributed by atoms with van der Waals surface area (Å²) in [5.74, 6) is 0.100. The minimum absolute atomic E-state index is 0.0708. The minimum Gasteiger partial charge on any atom is -0.344 e. The van der Waals surface area contributed by atoms with Crippen LogP contribution in [-0.2, 0) is 0 Å². The van der Waals surface area contributed by atoms with Gasteiger partial charge in [-0.05, 0) is 53.7 Å². The van der Waals surface area contributed by atoms with Crippen LogP contribution in [0.25, 0.3) is 0 Å². The number of aromatic amines is 1. The zero-order valence-electron chi connectivity index (χ0n) is 13.6. The molecule has 0 fully saturated rings. The van der Waals surface area contributed by atoms with Gasteiger partial charge in [0.25, 0.3) is 5.91 Å². The summed E-state index contributed by atoms with van der Waals surface area (Å²) in [6.45, 7) is 10.2. The van der Waals surface area contributed by atoms with Crippen LogP contribution in [-0.4, -0.2) is 16.1 Å². The van der Waals surface area contributed by atoms with Crippen molar-refractivity contribution in [2.45, 2.75) is 46.6 Å². The molecule has 0 aliphatic carbocycles. The smallest absolute Gasteiger partial charge is 0.273 e. The predicted octanol–water partition coefficient (Wildman–Crippen LogP) is 4.40. The van der Waals surface area contributed by atoms with Crippen molar-refractivity contribution in [2.75, 3.05) is 0 Å². The van der Waals surface area contributed by atoms with E-state index in [2.05, 4.69) is 77.3 Å². The molecule has 0 radical (unpaired) electrons. The summed E-state index contributed by atoms with van der Waals surface area (Å²) in [5, 5.41) is 10.1. The highest BCUT2D eigenvalue weighted by Gasteiger charge is 2.21. The van der Waals surface area contributed by atoms with Gasteiger partial charge in [0.15, 0.2) is 5.69 Å². The Morgan fingerprint density at radius 1 is 1.27 bits per heavy atom. The number of H-pyrrole nitrogens is 1. The Labute approximate surface area is 139 Å². The first-order valence-corrected chi connectivity index (χ1v) is 8.22. The maximum Gasteiger partial charge on any atom is 0.273 e. The molecule has 0 spiro atoms. The van der Waals surface area contributed by atoms with Gasteiger partial charge < -0.3 is 5.32 Å². The second-order valence-corrected chi connectivity index (χ2v) is 6.80. The number of amides is 1. The summed E-state index contributed by atoms with van der Waals surface area (Å²) in [6.07, 6.45) is 0. The zero-order chi connectivity index (χ0) is 16.4. The number of nitrogens with zero attached hydrogens (tertiary/aromatic N) is 1. The van der Waals surface area contributed by atoms with E-state index in [4.69, 9.17) is 0 Å². The molecule has 1 heterocycles. The molecule has 1 unspecified atom stereocenters. The van der Waals surface area contributed by atoms with Gasteiger partial charge in [-0.1, -0.05) is 37.6 Å². The molecule has 2 N–H and O–H groups in total. The number of aryl methyl sites for hydroxylation is 2. The molecule has 0 bridgehead atoms. The van der Waals surface area contributed by atoms with Crippen molar-refractivity contribution in [3.63, 3.8) is 0 Å². The van der Waals surface area contributed by atoms with E-state index >= 15 is 0 Å². The zero-order valence-corrected chi connectivity index (χ0v) is 15.2. The number of aromatic nitrogens is 2. The number of carbonyl (C=O) groups excluding carboxylic acids is 1. The van der Waals surface area contributed by atoms with Crippen LogP contribution in [0.4, 0.5) is 0 Å². The summed E-state index contributed by atoms with van der Waals surface area (Å²) in [7, 11) is 0. The third-order valence-electron chi connectivity index (χ3n) is 3.77. The Balaban J connectivity index is 2.20. The Morgan fingerprint density at radius 3 is 2.55 bits per heavy atom. The highest BCUT2D eigenvalue weighted by molar-refractivity contribution is 9.10. The van der Waals surface area contributed by atoms with Crippen LogP contribution < -0.4 is 5.32 Å². The third kappa shape index (κ3) is 3.40. The van der Waals surface area contributed by atoms with Crippen LogP contribution >= 0.6 is 15.9 Å². The lowest BCUT2D eigenvalue weighted by molar-refractivity contribution is 0.0934. The molecule has 0 saturated carbocycles. The van der Waals surface area contributed by atoms with Crippen LogP contribution in [0.5, 0.6) is 0 Å². The highest BCUT2D eigenvalue weighted by atomic mass is 79.9. The van der Waals surface area contributed by atoms with Gasteiger partial charge in [-0.3, -0.25) is 9.89 Å². The van der Waals surface area contributed by atoms with E-state index in [0.29, 0.717) is 5.69 Å². The number of hydrogen-bond acceptors (Lipinski definition) is 2. The predicted molar refractivity (Wildman–Crippen MR) is 92.2 cm³/mol. The first-order chi connectivity index (χ1) is 10.3. The summed E-state index contributed by atoms with van der Waals surface area (Å²) in [4.78, 5) is 12.5. The van der Waals surface area contributed by atoms with Gasteiger partial charge in [0.1, 0.15) is 0 Å². The molecule has 1 amide bonds. The fraction of sp³-hybridized carbons (Fsp3) is 0.412. The Morgan fingerprint density at radius 2 is 1.95 bits per heavy atom. The monoisotopic (exact) mass is 363 g/mol. The number of rotatable bonds is 4. The summed E-state index contributed by atoms with van der Waals surface area (Å²) < 4.78 is 0.744. The van der Waals surface area contributed by atoms with Crippen molar-refractivity contribution < 1.29 is 4.79 Å². The van der Waals surface area contributed by atoms with Crippen molar-refractivity contribution in [1.82, 2.24) is 15.5 Å². The molecule has 4 nitrogen and oxygen atoms in total. The normalized spacial score (nSPS) is 12.5. The average molecular weight is 364 g/mol. The van der Waals surface area contributed by atoms with E-state index in [1.807, 2.05) is 6.92 Å². The van der Waals surface area contributed by atoms with Crippen molar-refractivity contribution >= 4 is 21.8 Å². The quantitative estimate of drug-likeness (QED) is 0.845. The van der Waals surface area contributed by atoms with E-state index in [0.717, 1.165) is 15.7 Å². The summed E-state index contributed by atoms with van der Waals surface area (Å²) >= 11 is 3.47. The first kappa shape index (κ1) is 16.7. The van der Waals surface area contributed by atoms with Gasteiger partial charge in [0.2, 0.25) is 0 Å². The van der Waals surface area contributed by atoms with E-state index in [9.17, 15) is 4.79 Å². The lowest BCUT2D eigenvalue weighted by Crippen LogP contribution is -2.27. The molecule has 118 valence electrons. The number of nitrogens with one attached hydrogen (secondary N) is 2. The number of halogens is 1. The molecular weight excluding hydrogens is 342 g/mol. The van der Waals surface area contributed by atoms with Gasteiger partial charge in [-0.15, -0.1) is 0 Å².